The van der Waals surface area contributed by atoms with Crippen LogP contribution in [-0.4, -0.2) is 31.7 Å². The number of sulfonamides is 1. The number of nitrogens with one attached hydrogen (secondary N) is 1. The largest absolute Gasteiger partial charge is 0.417 e. The minimum Gasteiger partial charge on any atom is -0.324 e. The lowest BCUT2D eigenvalue weighted by Crippen LogP contribution is -2.41. The second kappa shape index (κ2) is 8.74. The zero-order chi connectivity index (χ0) is 22.1. The van der Waals surface area contributed by atoms with Crippen LogP contribution in [0.4, 0.5) is 18.9 Å². The standard InChI is InChI=1S/C19H17Cl2F3N2O3S/c20-14-5-3-6-15(17(14)21)25-18(27)12-8-10-26(11-9-12)30(28,29)16-7-2-1-4-13(16)19(22,23)24/h1-7,12H,8-11H2,(H,25,27). The number of alkyl halides is 3. The topological polar surface area (TPSA) is 66.5 Å². The van der Waals surface area contributed by atoms with Gasteiger partial charge in [0.15, 0.2) is 0 Å². The summed E-state index contributed by atoms with van der Waals surface area (Å²) in [5.74, 6) is -0.865. The van der Waals surface area contributed by atoms with Crippen LogP contribution in [0.3, 0.4) is 0 Å². The fraction of sp³-hybridized carbons (Fsp3) is 0.316. The van der Waals surface area contributed by atoms with Crippen molar-refractivity contribution in [1.29, 1.82) is 0 Å². The molecule has 0 aliphatic carbocycles. The lowest BCUT2D eigenvalue weighted by Gasteiger charge is -2.31. The highest BCUT2D eigenvalue weighted by Crippen LogP contribution is 2.36. The number of benzene rings is 2. The van der Waals surface area contributed by atoms with Crippen LogP contribution >= 0.6 is 23.2 Å². The second-order valence-electron chi connectivity index (χ2n) is 6.76. The molecule has 162 valence electrons. The molecule has 0 unspecified atom stereocenters. The molecule has 0 atom stereocenters. The van der Waals surface area contributed by atoms with E-state index in [0.29, 0.717) is 5.69 Å². The number of hydrogen-bond acceptors (Lipinski definition) is 3. The molecule has 0 radical (unpaired) electrons. The third-order valence-electron chi connectivity index (χ3n) is 4.84. The predicted octanol–water partition coefficient (Wildman–Crippen LogP) is 5.05. The first-order valence-electron chi connectivity index (χ1n) is 8.93. The minimum atomic E-state index is -4.79. The minimum absolute atomic E-state index is 0.0735. The van der Waals surface area contributed by atoms with E-state index in [4.69, 9.17) is 23.2 Å². The summed E-state index contributed by atoms with van der Waals surface area (Å²) in [4.78, 5) is 11.7. The number of anilines is 1. The third-order valence-corrected chi connectivity index (χ3v) is 7.62. The van der Waals surface area contributed by atoms with Crippen LogP contribution in [0.15, 0.2) is 47.4 Å². The second-order valence-corrected chi connectivity index (χ2v) is 9.45. The number of hydrogen-bond donors (Lipinski definition) is 1. The van der Waals surface area contributed by atoms with Crippen LogP contribution in [0.2, 0.25) is 10.0 Å². The van der Waals surface area contributed by atoms with Gasteiger partial charge in [-0.25, -0.2) is 8.42 Å². The Morgan fingerprint density at radius 2 is 1.67 bits per heavy atom. The molecule has 1 heterocycles. The summed E-state index contributed by atoms with van der Waals surface area (Å²) < 4.78 is 66.3. The van der Waals surface area contributed by atoms with E-state index in [-0.39, 0.29) is 41.9 Å². The number of amides is 1. The Labute approximate surface area is 181 Å². The van der Waals surface area contributed by atoms with Crippen LogP contribution in [0, 0.1) is 5.92 Å². The Hall–Kier alpha value is -1.81. The number of carbonyl (C=O) groups excluding carboxylic acids is 1. The van der Waals surface area contributed by atoms with Gasteiger partial charge in [-0.3, -0.25) is 4.79 Å². The van der Waals surface area contributed by atoms with Crippen molar-refractivity contribution in [3.05, 3.63) is 58.1 Å². The van der Waals surface area contributed by atoms with Crippen molar-refractivity contribution in [3.8, 4) is 0 Å². The average molecular weight is 481 g/mol. The van der Waals surface area contributed by atoms with E-state index in [2.05, 4.69) is 5.32 Å². The third kappa shape index (κ3) is 4.74. The first-order chi connectivity index (χ1) is 14.0. The SMILES string of the molecule is O=C(Nc1cccc(Cl)c1Cl)C1CCN(S(=O)(=O)c2ccccc2C(F)(F)F)CC1. The van der Waals surface area contributed by atoms with Gasteiger partial charge in [-0.1, -0.05) is 41.4 Å². The predicted molar refractivity (Wildman–Crippen MR) is 108 cm³/mol. The van der Waals surface area contributed by atoms with E-state index in [1.165, 1.54) is 6.07 Å². The maximum absolute atomic E-state index is 13.2. The number of carbonyl (C=O) groups is 1. The summed E-state index contributed by atoms with van der Waals surface area (Å²) in [6.07, 6.45) is -4.47. The van der Waals surface area contributed by atoms with E-state index in [9.17, 15) is 26.4 Å². The lowest BCUT2D eigenvalue weighted by atomic mass is 9.97. The van der Waals surface area contributed by atoms with Gasteiger partial charge >= 0.3 is 6.18 Å². The fourth-order valence-corrected chi connectivity index (χ4v) is 5.29. The first kappa shape index (κ1) is 22.9. The highest BCUT2D eigenvalue weighted by Gasteiger charge is 2.40. The van der Waals surface area contributed by atoms with Gasteiger partial charge in [-0.15, -0.1) is 0 Å². The molecule has 1 N–H and O–H groups in total. The van der Waals surface area contributed by atoms with Gasteiger partial charge in [0.25, 0.3) is 0 Å². The molecule has 2 aromatic carbocycles. The van der Waals surface area contributed by atoms with Gasteiger partial charge < -0.3 is 5.32 Å². The van der Waals surface area contributed by atoms with Crippen molar-refractivity contribution in [2.24, 2.45) is 5.92 Å². The lowest BCUT2D eigenvalue weighted by molar-refractivity contribution is -0.139. The molecule has 0 saturated carbocycles. The van der Waals surface area contributed by atoms with Crippen molar-refractivity contribution in [2.45, 2.75) is 23.9 Å². The Morgan fingerprint density at radius 3 is 2.30 bits per heavy atom. The Kier molecular flexibility index (Phi) is 6.66. The van der Waals surface area contributed by atoms with E-state index >= 15 is 0 Å². The van der Waals surface area contributed by atoms with E-state index < -0.39 is 32.6 Å². The summed E-state index contributed by atoms with van der Waals surface area (Å²) >= 11 is 12.0. The van der Waals surface area contributed by atoms with E-state index in [0.717, 1.165) is 22.5 Å². The van der Waals surface area contributed by atoms with Gasteiger partial charge in [0.1, 0.15) is 0 Å². The Bertz CT molecular complexity index is 1050. The molecule has 5 nitrogen and oxygen atoms in total. The molecule has 1 fully saturated rings. The highest BCUT2D eigenvalue weighted by molar-refractivity contribution is 7.89. The smallest absolute Gasteiger partial charge is 0.324 e. The molecule has 0 bridgehead atoms. The van der Waals surface area contributed by atoms with Gasteiger partial charge in [-0.05, 0) is 37.1 Å². The summed E-state index contributed by atoms with van der Waals surface area (Å²) in [5.41, 5.74) is -0.871. The number of piperidine rings is 1. The molecule has 0 spiro atoms. The fourth-order valence-electron chi connectivity index (χ4n) is 3.26. The molecule has 1 amide bonds. The monoisotopic (exact) mass is 480 g/mol. The first-order valence-corrected chi connectivity index (χ1v) is 11.1. The summed E-state index contributed by atoms with van der Waals surface area (Å²) in [7, 11) is -4.35. The van der Waals surface area contributed by atoms with Crippen molar-refractivity contribution in [3.63, 3.8) is 0 Å². The molecule has 3 rings (SSSR count). The van der Waals surface area contributed by atoms with Crippen LogP contribution in [0.25, 0.3) is 0 Å². The highest BCUT2D eigenvalue weighted by atomic mass is 35.5. The quantitative estimate of drug-likeness (QED) is 0.665. The molecule has 1 saturated heterocycles. The molecular formula is C19H17Cl2F3N2O3S. The summed E-state index contributed by atoms with van der Waals surface area (Å²) in [6.45, 7) is -0.147. The van der Waals surface area contributed by atoms with Crippen LogP contribution in [0.5, 0.6) is 0 Å². The molecule has 11 heteroatoms. The Morgan fingerprint density at radius 1 is 1.03 bits per heavy atom. The molecule has 1 aliphatic heterocycles. The maximum Gasteiger partial charge on any atom is 0.417 e. The molecule has 2 aromatic rings. The van der Waals surface area contributed by atoms with Crippen molar-refractivity contribution < 1.29 is 26.4 Å². The van der Waals surface area contributed by atoms with Gasteiger partial charge in [0, 0.05) is 19.0 Å². The molecule has 0 aromatic heterocycles. The summed E-state index contributed by atoms with van der Waals surface area (Å²) in [6, 6.07) is 8.84. The number of nitrogens with zero attached hydrogens (tertiary/aromatic N) is 1. The van der Waals surface area contributed by atoms with E-state index in [1.807, 2.05) is 0 Å². The Balaban J connectivity index is 1.71. The molecule has 1 aliphatic rings. The van der Waals surface area contributed by atoms with Crippen molar-refractivity contribution >= 4 is 44.8 Å². The van der Waals surface area contributed by atoms with Crippen LogP contribution in [0.1, 0.15) is 18.4 Å². The molecular weight excluding hydrogens is 464 g/mol. The zero-order valence-corrected chi connectivity index (χ0v) is 17.7. The maximum atomic E-state index is 13.2. The van der Waals surface area contributed by atoms with Gasteiger partial charge in [-0.2, -0.15) is 17.5 Å². The van der Waals surface area contributed by atoms with Crippen LogP contribution < -0.4 is 5.32 Å². The van der Waals surface area contributed by atoms with Gasteiger partial charge in [0.2, 0.25) is 15.9 Å². The van der Waals surface area contributed by atoms with Crippen molar-refractivity contribution in [1.82, 2.24) is 4.31 Å². The van der Waals surface area contributed by atoms with Crippen molar-refractivity contribution in [2.75, 3.05) is 18.4 Å². The van der Waals surface area contributed by atoms with Gasteiger partial charge in [0.05, 0.1) is 26.2 Å². The van der Waals surface area contributed by atoms with E-state index in [1.54, 1.807) is 18.2 Å². The molecule has 30 heavy (non-hydrogen) atoms. The number of halogens is 5. The average Bonchev–Trinajstić information content (AvgIpc) is 2.71. The zero-order valence-electron chi connectivity index (χ0n) is 15.4. The van der Waals surface area contributed by atoms with Crippen LogP contribution in [-0.2, 0) is 21.0 Å². The normalized spacial score (nSPS) is 16.4. The number of rotatable bonds is 4. The summed E-state index contributed by atoms with van der Waals surface area (Å²) in [5, 5.41) is 3.13.